The van der Waals surface area contributed by atoms with Gasteiger partial charge in [0.2, 0.25) is 0 Å². The molecule has 0 spiro atoms. The summed E-state index contributed by atoms with van der Waals surface area (Å²) in [6.07, 6.45) is 7.56. The van der Waals surface area contributed by atoms with Gasteiger partial charge in [0.15, 0.2) is 5.78 Å². The Morgan fingerprint density at radius 1 is 0.837 bits per heavy atom. The third-order valence-electron chi connectivity index (χ3n) is 15.3. The summed E-state index contributed by atoms with van der Waals surface area (Å²) in [5, 5.41) is 0. The lowest BCUT2D eigenvalue weighted by atomic mass is 9.31. The SMILES string of the molecule is CC1(C)CCC23CCC4(C)C(CCC5C6(C)CC(=Cc7ccccc7C(F)(F)F)C(=O)C(C)(C)C6CCC54C)C2C1OC3. The second-order valence-electron chi connectivity index (χ2n) is 17.8. The van der Waals surface area contributed by atoms with Gasteiger partial charge in [0.05, 0.1) is 18.3 Å². The fraction of sp³-hybridized carbons (Fsp3) is 0.763. The normalized spacial score (nSPS) is 47.3. The third kappa shape index (κ3) is 3.84. The van der Waals surface area contributed by atoms with Crippen LogP contribution in [0.2, 0.25) is 0 Å². The van der Waals surface area contributed by atoms with E-state index >= 15 is 0 Å². The van der Waals surface area contributed by atoms with Gasteiger partial charge in [0, 0.05) is 5.41 Å². The van der Waals surface area contributed by atoms with Gasteiger partial charge in [-0.1, -0.05) is 66.7 Å². The standard InChI is InChI=1S/C38H51F3O2/c1-32(2)16-18-37-19-17-35(6)26(29(37)31(32)43-22-37)12-13-28-34(5)21-24(20-23-10-8-9-11-25(23)38(39,40)41)30(42)33(3,4)27(34)14-15-36(28,35)7/h8-11,20,26-29,31H,12-19,21-22H2,1-7H3. The summed E-state index contributed by atoms with van der Waals surface area (Å²) >= 11 is 0. The minimum absolute atomic E-state index is 0.0354. The summed E-state index contributed by atoms with van der Waals surface area (Å²) in [4.78, 5) is 14.1. The Labute approximate surface area is 256 Å². The molecule has 1 aliphatic heterocycles. The van der Waals surface area contributed by atoms with Crippen LogP contribution in [0.25, 0.3) is 6.08 Å². The minimum Gasteiger partial charge on any atom is -0.377 e. The monoisotopic (exact) mass is 596 g/mol. The molecule has 5 heteroatoms. The predicted molar refractivity (Wildman–Crippen MR) is 164 cm³/mol. The molecule has 2 bridgehead atoms. The van der Waals surface area contributed by atoms with Crippen molar-refractivity contribution in [2.45, 2.75) is 119 Å². The summed E-state index contributed by atoms with van der Waals surface area (Å²) in [7, 11) is 0. The number of rotatable bonds is 1. The third-order valence-corrected chi connectivity index (χ3v) is 15.3. The highest BCUT2D eigenvalue weighted by molar-refractivity contribution is 6.04. The number of Topliss-reactive ketones (excluding diaryl/α,β-unsaturated/α-hetero) is 1. The number of allylic oxidation sites excluding steroid dienone is 1. The number of fused-ring (bicyclic) bond motifs is 5. The molecule has 43 heavy (non-hydrogen) atoms. The van der Waals surface area contributed by atoms with Crippen molar-refractivity contribution in [3.63, 3.8) is 0 Å². The van der Waals surface area contributed by atoms with Gasteiger partial charge in [0.1, 0.15) is 0 Å². The first kappa shape index (κ1) is 30.1. The predicted octanol–water partition coefficient (Wildman–Crippen LogP) is 10.2. The lowest BCUT2D eigenvalue weighted by molar-refractivity contribution is -0.236. The number of carbonyl (C=O) groups is 1. The van der Waals surface area contributed by atoms with Crippen LogP contribution in [0.4, 0.5) is 13.2 Å². The van der Waals surface area contributed by atoms with Crippen LogP contribution in [0, 0.1) is 56.2 Å². The van der Waals surface area contributed by atoms with Crippen LogP contribution >= 0.6 is 0 Å². The molecule has 0 N–H and O–H groups in total. The first-order valence-electron chi connectivity index (χ1n) is 16.9. The Morgan fingerprint density at radius 2 is 1.53 bits per heavy atom. The Bertz CT molecular complexity index is 1370. The number of ether oxygens (including phenoxy) is 1. The zero-order valence-corrected chi connectivity index (χ0v) is 27.3. The van der Waals surface area contributed by atoms with Crippen LogP contribution in [0.5, 0.6) is 0 Å². The van der Waals surface area contributed by atoms with E-state index in [9.17, 15) is 18.0 Å². The largest absolute Gasteiger partial charge is 0.416 e. The van der Waals surface area contributed by atoms with Crippen LogP contribution in [0.3, 0.4) is 0 Å². The Balaban J connectivity index is 1.29. The van der Waals surface area contributed by atoms with Crippen molar-refractivity contribution >= 4 is 11.9 Å². The smallest absolute Gasteiger partial charge is 0.377 e. The molecule has 0 aromatic heterocycles. The van der Waals surface area contributed by atoms with E-state index < -0.39 is 17.2 Å². The van der Waals surface area contributed by atoms with Gasteiger partial charge in [-0.15, -0.1) is 0 Å². The fourth-order valence-electron chi connectivity index (χ4n) is 13.0. The molecule has 6 fully saturated rings. The molecule has 1 heterocycles. The van der Waals surface area contributed by atoms with Crippen molar-refractivity contribution in [3.8, 4) is 0 Å². The lowest BCUT2D eigenvalue weighted by Crippen LogP contribution is -2.67. The van der Waals surface area contributed by atoms with E-state index in [1.165, 1.54) is 44.2 Å². The van der Waals surface area contributed by atoms with Crippen LogP contribution in [-0.4, -0.2) is 18.5 Å². The van der Waals surface area contributed by atoms with Gasteiger partial charge in [-0.3, -0.25) is 4.79 Å². The number of benzene rings is 1. The van der Waals surface area contributed by atoms with Gasteiger partial charge in [-0.05, 0) is 132 Å². The molecule has 9 unspecified atom stereocenters. The highest BCUT2D eigenvalue weighted by Gasteiger charge is 2.73. The molecular formula is C38H51F3O2. The second kappa shape index (κ2) is 9.01. The van der Waals surface area contributed by atoms with Gasteiger partial charge in [-0.25, -0.2) is 0 Å². The summed E-state index contributed by atoms with van der Waals surface area (Å²) in [5.41, 5.74) is 0.143. The molecule has 1 aromatic carbocycles. The second-order valence-corrected chi connectivity index (χ2v) is 17.8. The molecule has 1 aromatic rings. The molecule has 0 amide bonds. The van der Waals surface area contributed by atoms with E-state index in [0.29, 0.717) is 41.3 Å². The van der Waals surface area contributed by atoms with Gasteiger partial charge in [0.25, 0.3) is 0 Å². The van der Waals surface area contributed by atoms with Crippen LogP contribution < -0.4 is 0 Å². The quantitative estimate of drug-likeness (QED) is 0.302. The maximum absolute atomic E-state index is 14.1. The molecule has 7 rings (SSSR count). The van der Waals surface area contributed by atoms with Crippen molar-refractivity contribution in [2.75, 3.05) is 6.61 Å². The fourth-order valence-corrected chi connectivity index (χ4v) is 13.0. The topological polar surface area (TPSA) is 26.3 Å². The molecule has 0 radical (unpaired) electrons. The van der Waals surface area contributed by atoms with Crippen LogP contribution in [-0.2, 0) is 15.7 Å². The molecular weight excluding hydrogens is 545 g/mol. The highest BCUT2D eigenvalue weighted by Crippen LogP contribution is 2.78. The maximum atomic E-state index is 14.1. The summed E-state index contributed by atoms with van der Waals surface area (Å²) < 4.78 is 48.6. The minimum atomic E-state index is -4.46. The molecule has 5 saturated carbocycles. The zero-order valence-electron chi connectivity index (χ0n) is 27.3. The Morgan fingerprint density at radius 3 is 2.26 bits per heavy atom. The lowest BCUT2D eigenvalue weighted by Gasteiger charge is -2.73. The molecule has 1 saturated heterocycles. The Hall–Kier alpha value is -1.62. The number of carbonyl (C=O) groups excluding carboxylic acids is 1. The van der Waals surface area contributed by atoms with E-state index in [-0.39, 0.29) is 38.9 Å². The maximum Gasteiger partial charge on any atom is 0.416 e. The van der Waals surface area contributed by atoms with E-state index in [4.69, 9.17) is 4.74 Å². The van der Waals surface area contributed by atoms with Gasteiger partial charge in [-0.2, -0.15) is 13.2 Å². The van der Waals surface area contributed by atoms with Gasteiger partial charge >= 0.3 is 6.18 Å². The molecule has 6 aliphatic rings. The van der Waals surface area contributed by atoms with Crippen molar-refractivity contribution in [1.82, 2.24) is 0 Å². The van der Waals surface area contributed by atoms with Crippen molar-refractivity contribution in [1.29, 1.82) is 0 Å². The van der Waals surface area contributed by atoms with Crippen molar-refractivity contribution < 1.29 is 22.7 Å². The number of hydrogen-bond acceptors (Lipinski definition) is 2. The number of ketones is 1. The number of hydrogen-bond donors (Lipinski definition) is 0. The van der Waals surface area contributed by atoms with E-state index in [1.54, 1.807) is 12.1 Å². The van der Waals surface area contributed by atoms with E-state index in [0.717, 1.165) is 31.9 Å². The average Bonchev–Trinajstić information content (AvgIpc) is 3.25. The molecule has 236 valence electrons. The molecule has 5 aliphatic carbocycles. The first-order valence-corrected chi connectivity index (χ1v) is 16.9. The zero-order chi connectivity index (χ0) is 31.0. The first-order chi connectivity index (χ1) is 19.9. The highest BCUT2D eigenvalue weighted by atomic mass is 19.4. The molecule has 9 atom stereocenters. The van der Waals surface area contributed by atoms with E-state index in [1.807, 2.05) is 0 Å². The summed E-state index contributed by atoms with van der Waals surface area (Å²) in [6.45, 7) is 17.5. The number of halogens is 3. The summed E-state index contributed by atoms with van der Waals surface area (Å²) in [6, 6.07) is 5.72. The average molecular weight is 597 g/mol. The van der Waals surface area contributed by atoms with Crippen molar-refractivity contribution in [3.05, 3.63) is 41.0 Å². The number of alkyl halides is 3. The summed E-state index contributed by atoms with van der Waals surface area (Å²) in [5.74, 6) is 1.95. The Kier molecular flexibility index (Phi) is 6.30. The van der Waals surface area contributed by atoms with Crippen molar-refractivity contribution in [2.24, 2.45) is 56.2 Å². The molecule has 2 nitrogen and oxygen atoms in total. The van der Waals surface area contributed by atoms with Crippen LogP contribution in [0.15, 0.2) is 29.8 Å². The van der Waals surface area contributed by atoms with Gasteiger partial charge < -0.3 is 4.74 Å². The van der Waals surface area contributed by atoms with E-state index in [2.05, 4.69) is 48.5 Å². The van der Waals surface area contributed by atoms with Crippen LogP contribution in [0.1, 0.15) is 117 Å².